The highest BCUT2D eigenvalue weighted by Gasteiger charge is 2.34. The van der Waals surface area contributed by atoms with Gasteiger partial charge in [-0.1, -0.05) is 12.8 Å². The molecule has 28 heavy (non-hydrogen) atoms. The Balaban J connectivity index is 1.42. The molecule has 1 fully saturated rings. The molecular weight excluding hydrogens is 356 g/mol. The third-order valence-corrected chi connectivity index (χ3v) is 6.10. The number of aromatic amines is 1. The SMILES string of the molecule is Cc1c(NC(=O)C2CCN(C(=O)c3n[nH]c4c3CCCCCC4)C2)cnn1C. The number of likely N-dealkylation sites (tertiary alicyclic amines) is 1. The molecule has 1 aliphatic heterocycles. The van der Waals surface area contributed by atoms with Crippen LogP contribution in [0.4, 0.5) is 5.69 Å². The molecule has 2 aromatic rings. The number of carbonyl (C=O) groups is 2. The monoisotopic (exact) mass is 384 g/mol. The number of amides is 2. The van der Waals surface area contributed by atoms with E-state index in [1.54, 1.807) is 15.8 Å². The molecule has 1 aliphatic carbocycles. The van der Waals surface area contributed by atoms with E-state index in [2.05, 4.69) is 20.6 Å². The molecule has 150 valence electrons. The Morgan fingerprint density at radius 3 is 2.75 bits per heavy atom. The summed E-state index contributed by atoms with van der Waals surface area (Å²) in [6.45, 7) is 2.94. The zero-order chi connectivity index (χ0) is 19.7. The minimum absolute atomic E-state index is 0.0501. The van der Waals surface area contributed by atoms with Gasteiger partial charge in [-0.05, 0) is 39.0 Å². The number of aryl methyl sites for hydroxylation is 2. The van der Waals surface area contributed by atoms with Crippen molar-refractivity contribution in [2.45, 2.75) is 51.9 Å². The first-order valence-corrected chi connectivity index (χ1v) is 10.2. The fraction of sp³-hybridized carbons (Fsp3) is 0.600. The van der Waals surface area contributed by atoms with Gasteiger partial charge in [0.2, 0.25) is 5.91 Å². The van der Waals surface area contributed by atoms with Crippen molar-refractivity contribution in [3.63, 3.8) is 0 Å². The maximum atomic E-state index is 13.1. The highest BCUT2D eigenvalue weighted by Crippen LogP contribution is 2.25. The number of aromatic nitrogens is 4. The summed E-state index contributed by atoms with van der Waals surface area (Å²) < 4.78 is 1.73. The van der Waals surface area contributed by atoms with Gasteiger partial charge in [0.05, 0.1) is 23.5 Å². The molecule has 2 N–H and O–H groups in total. The fourth-order valence-electron chi connectivity index (χ4n) is 4.18. The Labute approximate surface area is 164 Å². The van der Waals surface area contributed by atoms with Crippen molar-refractivity contribution in [1.82, 2.24) is 24.9 Å². The van der Waals surface area contributed by atoms with Gasteiger partial charge in [-0.2, -0.15) is 10.2 Å². The number of carbonyl (C=O) groups excluding carboxylic acids is 2. The minimum Gasteiger partial charge on any atom is -0.336 e. The molecule has 8 nitrogen and oxygen atoms in total. The van der Waals surface area contributed by atoms with Crippen molar-refractivity contribution in [1.29, 1.82) is 0 Å². The van der Waals surface area contributed by atoms with E-state index >= 15 is 0 Å². The van der Waals surface area contributed by atoms with Crippen molar-refractivity contribution < 1.29 is 9.59 Å². The quantitative estimate of drug-likeness (QED) is 0.848. The average Bonchev–Trinajstić information content (AvgIpc) is 3.37. The Kier molecular flexibility index (Phi) is 5.19. The third kappa shape index (κ3) is 3.55. The molecule has 1 atom stereocenters. The van der Waals surface area contributed by atoms with E-state index in [0.717, 1.165) is 48.3 Å². The van der Waals surface area contributed by atoms with Gasteiger partial charge in [0, 0.05) is 31.4 Å². The number of H-pyrrole nitrogens is 1. The second-order valence-corrected chi connectivity index (χ2v) is 7.94. The largest absolute Gasteiger partial charge is 0.336 e. The predicted molar refractivity (Wildman–Crippen MR) is 105 cm³/mol. The van der Waals surface area contributed by atoms with Gasteiger partial charge in [0.1, 0.15) is 0 Å². The molecule has 8 heteroatoms. The van der Waals surface area contributed by atoms with Gasteiger partial charge in [0.15, 0.2) is 5.69 Å². The number of fused-ring (bicyclic) bond motifs is 1. The molecule has 0 aromatic carbocycles. The van der Waals surface area contributed by atoms with E-state index in [4.69, 9.17) is 0 Å². The van der Waals surface area contributed by atoms with Crippen LogP contribution in [0.25, 0.3) is 0 Å². The lowest BCUT2D eigenvalue weighted by molar-refractivity contribution is -0.119. The van der Waals surface area contributed by atoms with Crippen LogP contribution in [0.15, 0.2) is 6.20 Å². The van der Waals surface area contributed by atoms with Crippen molar-refractivity contribution in [3.05, 3.63) is 28.8 Å². The summed E-state index contributed by atoms with van der Waals surface area (Å²) in [6.07, 6.45) is 8.89. The molecule has 0 saturated carbocycles. The third-order valence-electron chi connectivity index (χ3n) is 6.10. The van der Waals surface area contributed by atoms with E-state index < -0.39 is 0 Å². The first-order valence-electron chi connectivity index (χ1n) is 10.2. The number of anilines is 1. The number of rotatable bonds is 3. The lowest BCUT2D eigenvalue weighted by atomic mass is 9.96. The van der Waals surface area contributed by atoms with Gasteiger partial charge in [-0.25, -0.2) is 0 Å². The van der Waals surface area contributed by atoms with Crippen LogP contribution in [0.2, 0.25) is 0 Å². The Morgan fingerprint density at radius 2 is 2.00 bits per heavy atom. The number of hydrogen-bond donors (Lipinski definition) is 2. The Bertz CT molecular complexity index is 883. The lowest BCUT2D eigenvalue weighted by Gasteiger charge is -2.17. The molecule has 0 spiro atoms. The van der Waals surface area contributed by atoms with E-state index in [9.17, 15) is 9.59 Å². The smallest absolute Gasteiger partial charge is 0.274 e. The standard InChI is InChI=1S/C20H28N6O2/c1-13-17(11-21-25(13)2)22-19(27)14-9-10-26(12-14)20(28)18-15-7-5-3-4-6-8-16(15)23-24-18/h11,14H,3-10,12H2,1-2H3,(H,22,27)(H,23,24). The van der Waals surface area contributed by atoms with Crippen LogP contribution in [0.3, 0.4) is 0 Å². The first-order chi connectivity index (χ1) is 13.5. The van der Waals surface area contributed by atoms with Crippen LogP contribution in [-0.2, 0) is 24.7 Å². The van der Waals surface area contributed by atoms with Crippen LogP contribution in [-0.4, -0.2) is 49.8 Å². The van der Waals surface area contributed by atoms with Crippen LogP contribution < -0.4 is 5.32 Å². The maximum Gasteiger partial charge on any atom is 0.274 e. The van der Waals surface area contributed by atoms with Crippen molar-refractivity contribution in [2.24, 2.45) is 13.0 Å². The summed E-state index contributed by atoms with van der Waals surface area (Å²) in [4.78, 5) is 27.5. The summed E-state index contributed by atoms with van der Waals surface area (Å²) in [6, 6.07) is 0. The highest BCUT2D eigenvalue weighted by atomic mass is 16.2. The van der Waals surface area contributed by atoms with Gasteiger partial charge < -0.3 is 10.2 Å². The zero-order valence-corrected chi connectivity index (χ0v) is 16.6. The Morgan fingerprint density at radius 1 is 1.21 bits per heavy atom. The van der Waals surface area contributed by atoms with Crippen molar-refractivity contribution in [3.8, 4) is 0 Å². The second kappa shape index (κ2) is 7.77. The normalized spacial score (nSPS) is 19.8. The topological polar surface area (TPSA) is 95.9 Å². The fourth-order valence-corrected chi connectivity index (χ4v) is 4.18. The molecule has 0 radical (unpaired) electrons. The molecule has 1 saturated heterocycles. The van der Waals surface area contributed by atoms with E-state index in [0.29, 0.717) is 25.2 Å². The second-order valence-electron chi connectivity index (χ2n) is 7.94. The van der Waals surface area contributed by atoms with E-state index in [1.807, 2.05) is 14.0 Å². The molecule has 4 rings (SSSR count). The highest BCUT2D eigenvalue weighted by molar-refractivity contribution is 5.96. The molecule has 2 aliphatic rings. The number of nitrogens with one attached hydrogen (secondary N) is 2. The Hall–Kier alpha value is -2.64. The molecule has 3 heterocycles. The predicted octanol–water partition coefficient (Wildman–Crippen LogP) is 2.21. The summed E-state index contributed by atoms with van der Waals surface area (Å²) in [5.41, 5.74) is 4.40. The van der Waals surface area contributed by atoms with Crippen molar-refractivity contribution >= 4 is 17.5 Å². The van der Waals surface area contributed by atoms with Crippen LogP contribution >= 0.6 is 0 Å². The number of hydrogen-bond acceptors (Lipinski definition) is 4. The first kappa shape index (κ1) is 18.7. The van der Waals surface area contributed by atoms with Crippen LogP contribution in [0, 0.1) is 12.8 Å². The summed E-state index contributed by atoms with van der Waals surface area (Å²) in [7, 11) is 1.84. The summed E-state index contributed by atoms with van der Waals surface area (Å²) >= 11 is 0. The average molecular weight is 384 g/mol. The molecule has 1 unspecified atom stereocenters. The van der Waals surface area contributed by atoms with Gasteiger partial charge in [-0.15, -0.1) is 0 Å². The molecule has 2 aromatic heterocycles. The molecule has 2 amide bonds. The molecular formula is C20H28N6O2. The summed E-state index contributed by atoms with van der Waals surface area (Å²) in [5.74, 6) is -0.307. The van der Waals surface area contributed by atoms with Gasteiger partial charge in [0.25, 0.3) is 5.91 Å². The van der Waals surface area contributed by atoms with Crippen molar-refractivity contribution in [2.75, 3.05) is 18.4 Å². The van der Waals surface area contributed by atoms with Gasteiger partial charge >= 0.3 is 0 Å². The van der Waals surface area contributed by atoms with Crippen LogP contribution in [0.5, 0.6) is 0 Å². The van der Waals surface area contributed by atoms with E-state index in [1.165, 1.54) is 12.8 Å². The maximum absolute atomic E-state index is 13.1. The van der Waals surface area contributed by atoms with E-state index in [-0.39, 0.29) is 17.7 Å². The van der Waals surface area contributed by atoms with Gasteiger partial charge in [-0.3, -0.25) is 19.4 Å². The number of nitrogens with zero attached hydrogens (tertiary/aromatic N) is 4. The van der Waals surface area contributed by atoms with Crippen LogP contribution in [0.1, 0.15) is 59.5 Å². The zero-order valence-electron chi connectivity index (χ0n) is 16.6. The molecule has 0 bridgehead atoms. The lowest BCUT2D eigenvalue weighted by Crippen LogP contribution is -2.32. The minimum atomic E-state index is -0.204. The summed E-state index contributed by atoms with van der Waals surface area (Å²) in [5, 5.41) is 14.5.